The van der Waals surface area contributed by atoms with Gasteiger partial charge in [-0.05, 0) is 5.56 Å². The lowest BCUT2D eigenvalue weighted by Crippen LogP contribution is -2.49. The van der Waals surface area contributed by atoms with Gasteiger partial charge in [-0.25, -0.2) is 0 Å². The Morgan fingerprint density at radius 3 is 2.29 bits per heavy atom. The predicted molar refractivity (Wildman–Crippen MR) is 46.8 cm³/mol. The summed E-state index contributed by atoms with van der Waals surface area (Å²) in [5, 5.41) is 17.3. The molecule has 4 N–H and O–H groups in total. The average molecular weight is 197 g/mol. The fourth-order valence-corrected chi connectivity index (χ4v) is 0.983. The zero-order valence-corrected chi connectivity index (χ0v) is 7.34. The maximum absolute atomic E-state index is 11.3. The Hall–Kier alpha value is -1.47. The molecule has 0 atom stereocenters. The molecular weight excluding hydrogens is 186 g/mol. The van der Waals surface area contributed by atoms with Crippen LogP contribution in [0.4, 0.5) is 0 Å². The minimum absolute atomic E-state index is 0.0714. The van der Waals surface area contributed by atoms with Crippen LogP contribution < -0.4 is 11.2 Å². The van der Waals surface area contributed by atoms with E-state index >= 15 is 0 Å². The van der Waals surface area contributed by atoms with Gasteiger partial charge in [0.25, 0.3) is 5.91 Å². The van der Waals surface area contributed by atoms with Gasteiger partial charge in [-0.15, -0.1) is 0 Å². The first-order chi connectivity index (χ1) is 6.77. The summed E-state index contributed by atoms with van der Waals surface area (Å²) in [5.74, 6) is -0.513. The Morgan fingerprint density at radius 1 is 1.21 bits per heavy atom. The van der Waals surface area contributed by atoms with E-state index in [0.29, 0.717) is 5.12 Å². The van der Waals surface area contributed by atoms with E-state index in [-0.39, 0.29) is 6.42 Å². The van der Waals surface area contributed by atoms with Crippen LogP contribution in [0, 0.1) is 0 Å². The topological polar surface area (TPSA) is 84.8 Å². The van der Waals surface area contributed by atoms with Crippen molar-refractivity contribution in [1.82, 2.24) is 16.3 Å². The molecule has 0 bridgehead atoms. The van der Waals surface area contributed by atoms with Crippen LogP contribution in [0.2, 0.25) is 0 Å². The molecule has 0 fully saturated rings. The van der Waals surface area contributed by atoms with E-state index in [9.17, 15) is 4.79 Å². The monoisotopic (exact) mass is 197 g/mol. The van der Waals surface area contributed by atoms with E-state index < -0.39 is 5.91 Å². The SMILES string of the molecule is O=C(Cc1ccccc1)N(NO)NO. The number of nitrogens with one attached hydrogen (secondary N) is 2. The summed E-state index contributed by atoms with van der Waals surface area (Å²) in [6, 6.07) is 8.97. The molecule has 0 heterocycles. The van der Waals surface area contributed by atoms with Gasteiger partial charge in [-0.2, -0.15) is 5.12 Å². The van der Waals surface area contributed by atoms with Gasteiger partial charge in [-0.1, -0.05) is 41.5 Å². The summed E-state index contributed by atoms with van der Waals surface area (Å²) in [5.41, 5.74) is 3.77. The van der Waals surface area contributed by atoms with Gasteiger partial charge in [0, 0.05) is 0 Å². The van der Waals surface area contributed by atoms with Crippen molar-refractivity contribution in [2.75, 3.05) is 0 Å². The maximum Gasteiger partial charge on any atom is 0.259 e. The van der Waals surface area contributed by atoms with E-state index in [0.717, 1.165) is 5.56 Å². The van der Waals surface area contributed by atoms with Gasteiger partial charge in [0.2, 0.25) is 0 Å². The third-order valence-corrected chi connectivity index (χ3v) is 1.65. The van der Waals surface area contributed by atoms with Crippen LogP contribution in [-0.2, 0) is 11.2 Å². The molecule has 1 aromatic rings. The first kappa shape index (κ1) is 10.6. The smallest absolute Gasteiger partial charge is 0.259 e. The first-order valence-electron chi connectivity index (χ1n) is 3.94. The Bertz CT molecular complexity index is 287. The summed E-state index contributed by atoms with van der Waals surface area (Å²) in [7, 11) is 0. The van der Waals surface area contributed by atoms with Crippen molar-refractivity contribution in [2.45, 2.75) is 6.42 Å². The standard InChI is InChI=1S/C8H11N3O3/c12-8(11(9-13)10-14)6-7-4-2-1-3-5-7/h1-5,9-10,13-14H,6H2. The number of hydrogen-bond donors (Lipinski definition) is 4. The summed E-state index contributed by atoms with van der Waals surface area (Å²) >= 11 is 0. The molecule has 76 valence electrons. The quantitative estimate of drug-likeness (QED) is 0.504. The van der Waals surface area contributed by atoms with Crippen molar-refractivity contribution in [3.63, 3.8) is 0 Å². The number of rotatable bonds is 4. The zero-order valence-electron chi connectivity index (χ0n) is 7.34. The van der Waals surface area contributed by atoms with Crippen molar-refractivity contribution >= 4 is 5.91 Å². The van der Waals surface area contributed by atoms with Gasteiger partial charge >= 0.3 is 0 Å². The van der Waals surface area contributed by atoms with E-state index in [1.165, 1.54) is 11.2 Å². The van der Waals surface area contributed by atoms with Crippen molar-refractivity contribution in [2.24, 2.45) is 0 Å². The molecular formula is C8H11N3O3. The van der Waals surface area contributed by atoms with Gasteiger partial charge in [0.05, 0.1) is 6.42 Å². The number of hydrazine groups is 2. The number of amides is 1. The molecule has 6 heteroatoms. The number of benzene rings is 1. The highest BCUT2D eigenvalue weighted by atomic mass is 16.6. The highest BCUT2D eigenvalue weighted by Gasteiger charge is 2.11. The maximum atomic E-state index is 11.3. The van der Waals surface area contributed by atoms with Crippen LogP contribution in [0.1, 0.15) is 5.56 Å². The molecule has 6 nitrogen and oxygen atoms in total. The molecule has 0 aromatic heterocycles. The summed E-state index contributed by atoms with van der Waals surface area (Å²) in [6.07, 6.45) is 0.0714. The van der Waals surface area contributed by atoms with E-state index in [1.54, 1.807) is 24.3 Å². The normalized spacial score (nSPS) is 9.86. The third-order valence-electron chi connectivity index (χ3n) is 1.65. The van der Waals surface area contributed by atoms with Crippen LogP contribution in [-0.4, -0.2) is 21.4 Å². The molecule has 0 unspecified atom stereocenters. The largest absolute Gasteiger partial charge is 0.296 e. The molecule has 1 rings (SSSR count). The van der Waals surface area contributed by atoms with Crippen LogP contribution in [0.3, 0.4) is 0 Å². The molecule has 1 aromatic carbocycles. The van der Waals surface area contributed by atoms with Gasteiger partial charge < -0.3 is 0 Å². The molecule has 0 aliphatic carbocycles. The molecule has 0 spiro atoms. The van der Waals surface area contributed by atoms with Crippen LogP contribution in [0.15, 0.2) is 30.3 Å². The molecule has 0 aliphatic rings. The average Bonchev–Trinajstić information content (AvgIpc) is 2.21. The lowest BCUT2D eigenvalue weighted by atomic mass is 10.1. The fourth-order valence-electron chi connectivity index (χ4n) is 0.983. The highest BCUT2D eigenvalue weighted by molar-refractivity contribution is 5.77. The Morgan fingerprint density at radius 2 is 1.79 bits per heavy atom. The van der Waals surface area contributed by atoms with Gasteiger partial charge in [0.1, 0.15) is 0 Å². The van der Waals surface area contributed by atoms with Gasteiger partial charge in [-0.3, -0.25) is 15.2 Å². The van der Waals surface area contributed by atoms with Crippen LogP contribution in [0.25, 0.3) is 0 Å². The lowest BCUT2D eigenvalue weighted by molar-refractivity contribution is -0.174. The molecule has 0 saturated heterocycles. The number of nitrogens with zero attached hydrogens (tertiary/aromatic N) is 1. The Labute approximate surface area is 80.6 Å². The molecule has 1 amide bonds. The summed E-state index contributed by atoms with van der Waals surface area (Å²) in [6.45, 7) is 0. The minimum atomic E-state index is -0.513. The zero-order chi connectivity index (χ0) is 10.4. The van der Waals surface area contributed by atoms with Crippen LogP contribution >= 0.6 is 0 Å². The van der Waals surface area contributed by atoms with Crippen molar-refractivity contribution < 1.29 is 15.2 Å². The third kappa shape index (κ3) is 2.79. The summed E-state index contributed by atoms with van der Waals surface area (Å²) in [4.78, 5) is 11.3. The second kappa shape index (κ2) is 5.30. The number of carbonyl (C=O) groups excluding carboxylic acids is 1. The molecule has 0 aliphatic heterocycles. The van der Waals surface area contributed by atoms with E-state index in [1.807, 2.05) is 6.07 Å². The second-order valence-electron chi connectivity index (χ2n) is 2.59. The summed E-state index contributed by atoms with van der Waals surface area (Å²) < 4.78 is 0. The van der Waals surface area contributed by atoms with Gasteiger partial charge in [0.15, 0.2) is 0 Å². The Balaban J connectivity index is 2.57. The first-order valence-corrected chi connectivity index (χ1v) is 3.94. The lowest BCUT2D eigenvalue weighted by Gasteiger charge is -2.16. The van der Waals surface area contributed by atoms with Crippen molar-refractivity contribution in [1.29, 1.82) is 0 Å². The van der Waals surface area contributed by atoms with Crippen molar-refractivity contribution in [3.05, 3.63) is 35.9 Å². The Kier molecular flexibility index (Phi) is 4.02. The predicted octanol–water partition coefficient (Wildman–Crippen LogP) is -0.155. The fraction of sp³-hybridized carbons (Fsp3) is 0.125. The highest BCUT2D eigenvalue weighted by Crippen LogP contribution is 2.00. The second-order valence-corrected chi connectivity index (χ2v) is 2.59. The van der Waals surface area contributed by atoms with Crippen molar-refractivity contribution in [3.8, 4) is 0 Å². The van der Waals surface area contributed by atoms with E-state index in [4.69, 9.17) is 10.4 Å². The minimum Gasteiger partial charge on any atom is -0.296 e. The molecule has 0 saturated carbocycles. The van der Waals surface area contributed by atoms with E-state index in [2.05, 4.69) is 0 Å². The molecule has 14 heavy (non-hydrogen) atoms. The number of hydrogen-bond acceptors (Lipinski definition) is 5. The number of carbonyl (C=O) groups is 1. The van der Waals surface area contributed by atoms with Crippen LogP contribution in [0.5, 0.6) is 0 Å². The molecule has 0 radical (unpaired) electrons.